The van der Waals surface area contributed by atoms with E-state index in [1.54, 1.807) is 12.5 Å². The average Bonchev–Trinajstić information content (AvgIpc) is 1.82. The topological polar surface area (TPSA) is 17.1 Å². The molecule has 0 unspecified atom stereocenters. The fourth-order valence-electron chi connectivity index (χ4n) is 0.344. The summed E-state index contributed by atoms with van der Waals surface area (Å²) in [5.74, 6) is 0.827. The predicted molar refractivity (Wildman–Crippen MR) is 50.2 cm³/mol. The minimum atomic E-state index is -0.611. The van der Waals surface area contributed by atoms with Gasteiger partial charge in [-0.3, -0.25) is 4.21 Å². The summed E-state index contributed by atoms with van der Waals surface area (Å²) < 4.78 is 9.56. The third-order valence-electron chi connectivity index (χ3n) is 0.737. The highest BCUT2D eigenvalue weighted by Crippen LogP contribution is 1.93. The minimum Gasteiger partial charge on any atom is -0.260 e. The van der Waals surface area contributed by atoms with E-state index < -0.39 is 10.8 Å². The number of rotatable bonds is 3. The van der Waals surface area contributed by atoms with E-state index in [0.717, 1.165) is 5.88 Å². The first-order chi connectivity index (χ1) is 4.65. The lowest BCUT2D eigenvalue weighted by Gasteiger charge is -1.84. The molecule has 64 valence electrons. The Balaban J connectivity index is 0. The van der Waals surface area contributed by atoms with E-state index in [1.165, 1.54) is 19.3 Å². The van der Waals surface area contributed by atoms with Crippen molar-refractivity contribution in [3.05, 3.63) is 0 Å². The third-order valence-corrected chi connectivity index (χ3v) is 1.00. The van der Waals surface area contributed by atoms with Crippen LogP contribution in [-0.4, -0.2) is 22.6 Å². The van der Waals surface area contributed by atoms with Crippen molar-refractivity contribution in [2.45, 2.75) is 26.2 Å². The molecule has 0 saturated heterocycles. The Labute approximate surface area is 71.6 Å². The number of halogens is 1. The van der Waals surface area contributed by atoms with Gasteiger partial charge in [0.2, 0.25) is 0 Å². The summed E-state index contributed by atoms with van der Waals surface area (Å²) in [4.78, 5) is 0. The molecule has 1 nitrogen and oxygen atoms in total. The first kappa shape index (κ1) is 13.1. The molecule has 0 spiro atoms. The van der Waals surface area contributed by atoms with Crippen molar-refractivity contribution in [3.8, 4) is 0 Å². The van der Waals surface area contributed by atoms with Gasteiger partial charge in [0, 0.05) is 29.2 Å². The average molecular weight is 185 g/mol. The first-order valence-electron chi connectivity index (χ1n) is 3.46. The maximum atomic E-state index is 9.56. The maximum Gasteiger partial charge on any atom is 0.0223 e. The second kappa shape index (κ2) is 12.1. The molecule has 3 heteroatoms. The standard InChI is InChI=1S/C5H11Cl.C2H6OS/c1-2-3-4-5-6;1-4(2)3/h2-5H2,1H3;1-2H3. The maximum absolute atomic E-state index is 9.56. The van der Waals surface area contributed by atoms with Crippen LogP contribution in [0.4, 0.5) is 0 Å². The molecule has 10 heavy (non-hydrogen) atoms. The Hall–Kier alpha value is 0.440. The van der Waals surface area contributed by atoms with Crippen molar-refractivity contribution in [3.63, 3.8) is 0 Å². The summed E-state index contributed by atoms with van der Waals surface area (Å²) in [6.45, 7) is 2.17. The lowest BCUT2D eigenvalue weighted by molar-refractivity contribution is 0.690. The van der Waals surface area contributed by atoms with Crippen molar-refractivity contribution in [1.82, 2.24) is 0 Å². The summed E-state index contributed by atoms with van der Waals surface area (Å²) in [5, 5.41) is 0. The van der Waals surface area contributed by atoms with Crippen LogP contribution in [0.15, 0.2) is 0 Å². The summed E-state index contributed by atoms with van der Waals surface area (Å²) in [6.07, 6.45) is 7.01. The van der Waals surface area contributed by atoms with E-state index in [9.17, 15) is 4.21 Å². The number of hydrogen-bond donors (Lipinski definition) is 0. The summed E-state index contributed by atoms with van der Waals surface area (Å²) in [5.41, 5.74) is 0. The SMILES string of the molecule is CCCCCCl.CS(C)=O. The van der Waals surface area contributed by atoms with Crippen molar-refractivity contribution in [2.24, 2.45) is 0 Å². The molecular formula is C7H17ClOS. The molecule has 0 amide bonds. The number of unbranched alkanes of at least 4 members (excludes halogenated alkanes) is 2. The Morgan fingerprint density at radius 1 is 1.30 bits per heavy atom. The molecule has 0 saturated carbocycles. The van der Waals surface area contributed by atoms with Gasteiger partial charge in [-0.05, 0) is 6.42 Å². The number of hydrogen-bond acceptors (Lipinski definition) is 1. The van der Waals surface area contributed by atoms with E-state index in [2.05, 4.69) is 6.92 Å². The smallest absolute Gasteiger partial charge is 0.0223 e. The molecule has 0 atom stereocenters. The van der Waals surface area contributed by atoms with Gasteiger partial charge in [-0.25, -0.2) is 0 Å². The van der Waals surface area contributed by atoms with Crippen LogP contribution < -0.4 is 0 Å². The van der Waals surface area contributed by atoms with Gasteiger partial charge in [0.15, 0.2) is 0 Å². The van der Waals surface area contributed by atoms with Crippen LogP contribution >= 0.6 is 11.6 Å². The van der Waals surface area contributed by atoms with E-state index >= 15 is 0 Å². The Kier molecular flexibility index (Phi) is 15.9. The van der Waals surface area contributed by atoms with Crippen LogP contribution in [0.2, 0.25) is 0 Å². The van der Waals surface area contributed by atoms with Crippen molar-refractivity contribution >= 4 is 22.4 Å². The van der Waals surface area contributed by atoms with E-state index in [4.69, 9.17) is 11.6 Å². The highest BCUT2D eigenvalue weighted by atomic mass is 35.5. The molecule has 0 bridgehead atoms. The normalized spacial score (nSPS) is 8.90. The lowest BCUT2D eigenvalue weighted by Crippen LogP contribution is -1.70. The van der Waals surface area contributed by atoms with Crippen LogP contribution in [-0.2, 0) is 10.8 Å². The monoisotopic (exact) mass is 184 g/mol. The molecule has 0 aliphatic rings. The fourth-order valence-corrected chi connectivity index (χ4v) is 0.533. The molecule has 0 aliphatic carbocycles. The van der Waals surface area contributed by atoms with Crippen LogP contribution in [0, 0.1) is 0 Å². The molecule has 0 fully saturated rings. The molecule has 0 rings (SSSR count). The van der Waals surface area contributed by atoms with E-state index in [-0.39, 0.29) is 0 Å². The van der Waals surface area contributed by atoms with Gasteiger partial charge in [-0.2, -0.15) is 0 Å². The van der Waals surface area contributed by atoms with E-state index in [1.807, 2.05) is 0 Å². The Bertz CT molecular complexity index is 68.0. The van der Waals surface area contributed by atoms with Crippen molar-refractivity contribution in [2.75, 3.05) is 18.4 Å². The summed E-state index contributed by atoms with van der Waals surface area (Å²) in [7, 11) is -0.611. The second-order valence-corrected chi connectivity index (χ2v) is 4.00. The van der Waals surface area contributed by atoms with Gasteiger partial charge < -0.3 is 0 Å². The molecule has 0 aliphatic heterocycles. The molecule has 0 N–H and O–H groups in total. The molecular weight excluding hydrogens is 168 g/mol. The zero-order valence-electron chi connectivity index (χ0n) is 7.02. The highest BCUT2D eigenvalue weighted by molar-refractivity contribution is 7.83. The summed E-state index contributed by atoms with van der Waals surface area (Å²) >= 11 is 5.38. The zero-order chi connectivity index (χ0) is 8.41. The van der Waals surface area contributed by atoms with Crippen molar-refractivity contribution in [1.29, 1.82) is 0 Å². The molecule has 0 aromatic rings. The molecule has 0 aromatic heterocycles. The van der Waals surface area contributed by atoms with Gasteiger partial charge in [0.1, 0.15) is 0 Å². The van der Waals surface area contributed by atoms with Crippen molar-refractivity contribution < 1.29 is 4.21 Å². The fraction of sp³-hybridized carbons (Fsp3) is 1.00. The minimum absolute atomic E-state index is 0.611. The first-order valence-corrected chi connectivity index (χ1v) is 5.96. The van der Waals surface area contributed by atoms with Crippen LogP contribution in [0.3, 0.4) is 0 Å². The lowest BCUT2D eigenvalue weighted by atomic mass is 10.3. The molecule has 0 heterocycles. The quantitative estimate of drug-likeness (QED) is 0.487. The Morgan fingerprint density at radius 2 is 1.70 bits per heavy atom. The van der Waals surface area contributed by atoms with E-state index in [0.29, 0.717) is 0 Å². The zero-order valence-corrected chi connectivity index (χ0v) is 8.60. The van der Waals surface area contributed by atoms with Crippen LogP contribution in [0.25, 0.3) is 0 Å². The summed E-state index contributed by atoms with van der Waals surface area (Å²) in [6, 6.07) is 0. The highest BCUT2D eigenvalue weighted by Gasteiger charge is 1.76. The number of alkyl halides is 1. The van der Waals surface area contributed by atoms with Gasteiger partial charge in [-0.1, -0.05) is 19.8 Å². The van der Waals surface area contributed by atoms with Gasteiger partial charge in [-0.15, -0.1) is 11.6 Å². The van der Waals surface area contributed by atoms with Gasteiger partial charge >= 0.3 is 0 Å². The Morgan fingerprint density at radius 3 is 1.80 bits per heavy atom. The van der Waals surface area contributed by atoms with Gasteiger partial charge in [0.25, 0.3) is 0 Å². The van der Waals surface area contributed by atoms with Gasteiger partial charge in [0.05, 0.1) is 0 Å². The second-order valence-electron chi connectivity index (χ2n) is 2.14. The largest absolute Gasteiger partial charge is 0.260 e. The molecule has 0 radical (unpaired) electrons. The third kappa shape index (κ3) is 39.5. The van der Waals surface area contributed by atoms with Crippen LogP contribution in [0.1, 0.15) is 26.2 Å². The molecule has 0 aromatic carbocycles. The predicted octanol–water partition coefficient (Wildman–Crippen LogP) is 2.41. The van der Waals surface area contributed by atoms with Crippen LogP contribution in [0.5, 0.6) is 0 Å².